The fourth-order valence-electron chi connectivity index (χ4n) is 2.41. The molecule has 3 unspecified atom stereocenters. The zero-order chi connectivity index (χ0) is 12.4. The summed E-state index contributed by atoms with van der Waals surface area (Å²) in [6.45, 7) is 8.28. The third-order valence-electron chi connectivity index (χ3n) is 3.53. The van der Waals surface area contributed by atoms with Crippen molar-refractivity contribution < 1.29 is 9.84 Å². The van der Waals surface area contributed by atoms with Gasteiger partial charge in [0.15, 0.2) is 0 Å². The Morgan fingerprint density at radius 1 is 1.29 bits per heavy atom. The van der Waals surface area contributed by atoms with E-state index in [2.05, 4.69) is 25.7 Å². The third-order valence-corrected chi connectivity index (χ3v) is 3.53. The maximum atomic E-state index is 9.31. The molecule has 1 aliphatic rings. The van der Waals surface area contributed by atoms with Gasteiger partial charge in [-0.3, -0.25) is 4.90 Å². The number of hydrogen-bond donors (Lipinski definition) is 1. The fraction of sp³-hybridized carbons (Fsp3) is 0.571. The highest BCUT2D eigenvalue weighted by Crippen LogP contribution is 2.26. The minimum absolute atomic E-state index is 0.297. The van der Waals surface area contributed by atoms with Crippen molar-refractivity contribution in [1.82, 2.24) is 4.90 Å². The zero-order valence-corrected chi connectivity index (χ0v) is 10.8. The van der Waals surface area contributed by atoms with Crippen LogP contribution in [0.3, 0.4) is 0 Å². The molecule has 94 valence electrons. The van der Waals surface area contributed by atoms with Crippen molar-refractivity contribution >= 4 is 0 Å². The number of nitrogens with zero attached hydrogens (tertiary/aromatic N) is 1. The van der Waals surface area contributed by atoms with E-state index >= 15 is 0 Å². The van der Waals surface area contributed by atoms with Crippen LogP contribution in [0.1, 0.15) is 32.4 Å². The van der Waals surface area contributed by atoms with Gasteiger partial charge in [0, 0.05) is 18.6 Å². The van der Waals surface area contributed by atoms with Gasteiger partial charge in [-0.05, 0) is 38.5 Å². The van der Waals surface area contributed by atoms with Crippen LogP contribution < -0.4 is 0 Å². The second-order valence-electron chi connectivity index (χ2n) is 4.96. The Bertz CT molecular complexity index is 363. The molecule has 17 heavy (non-hydrogen) atoms. The van der Waals surface area contributed by atoms with Gasteiger partial charge in [0.1, 0.15) is 5.75 Å². The molecule has 3 nitrogen and oxygen atoms in total. The number of ether oxygens (including phenoxy) is 1. The molecule has 1 N–H and O–H groups in total. The molecule has 0 spiro atoms. The molecule has 0 aromatic heterocycles. The highest BCUT2D eigenvalue weighted by atomic mass is 16.5. The standard InChI is InChI=1S/C14H21NO2/c1-10-9-17-11(2)8-15(10)12(3)13-4-6-14(16)7-5-13/h4-7,10-12,16H,8-9H2,1-3H3. The predicted molar refractivity (Wildman–Crippen MR) is 68.1 cm³/mol. The molecule has 0 amide bonds. The van der Waals surface area contributed by atoms with E-state index in [1.54, 1.807) is 12.1 Å². The first-order chi connectivity index (χ1) is 8.08. The van der Waals surface area contributed by atoms with Crippen LogP contribution in [0.25, 0.3) is 0 Å². The molecule has 0 aliphatic carbocycles. The smallest absolute Gasteiger partial charge is 0.115 e. The number of benzene rings is 1. The van der Waals surface area contributed by atoms with E-state index in [-0.39, 0.29) is 0 Å². The van der Waals surface area contributed by atoms with Crippen LogP contribution in [0.15, 0.2) is 24.3 Å². The summed E-state index contributed by atoms with van der Waals surface area (Å²) in [5, 5.41) is 9.31. The molecule has 1 fully saturated rings. The van der Waals surface area contributed by atoms with Crippen LogP contribution in [0.2, 0.25) is 0 Å². The molecule has 1 aromatic rings. The quantitative estimate of drug-likeness (QED) is 0.855. The summed E-state index contributed by atoms with van der Waals surface area (Å²) in [5.74, 6) is 0.323. The summed E-state index contributed by atoms with van der Waals surface area (Å²) < 4.78 is 5.64. The van der Waals surface area contributed by atoms with E-state index < -0.39 is 0 Å². The van der Waals surface area contributed by atoms with Crippen LogP contribution >= 0.6 is 0 Å². The molecular weight excluding hydrogens is 214 g/mol. The first-order valence-electron chi connectivity index (χ1n) is 6.24. The molecule has 0 bridgehead atoms. The average molecular weight is 235 g/mol. The summed E-state index contributed by atoms with van der Waals surface area (Å²) in [5.41, 5.74) is 1.24. The van der Waals surface area contributed by atoms with Crippen LogP contribution in [-0.4, -0.2) is 35.3 Å². The first-order valence-corrected chi connectivity index (χ1v) is 6.24. The Kier molecular flexibility index (Phi) is 3.69. The lowest BCUT2D eigenvalue weighted by Gasteiger charge is -2.40. The second kappa shape index (κ2) is 5.07. The largest absolute Gasteiger partial charge is 0.508 e. The molecule has 0 radical (unpaired) electrons. The van der Waals surface area contributed by atoms with Crippen molar-refractivity contribution in [3.8, 4) is 5.75 Å². The third kappa shape index (κ3) is 2.79. The van der Waals surface area contributed by atoms with Crippen LogP contribution in [0, 0.1) is 0 Å². The monoisotopic (exact) mass is 235 g/mol. The number of rotatable bonds is 2. The summed E-state index contributed by atoms with van der Waals surface area (Å²) in [6, 6.07) is 8.28. The summed E-state index contributed by atoms with van der Waals surface area (Å²) in [7, 11) is 0. The van der Waals surface area contributed by atoms with Gasteiger partial charge >= 0.3 is 0 Å². The van der Waals surface area contributed by atoms with E-state index in [0.717, 1.165) is 13.2 Å². The van der Waals surface area contributed by atoms with Gasteiger partial charge in [-0.25, -0.2) is 0 Å². The topological polar surface area (TPSA) is 32.7 Å². The molecule has 1 heterocycles. The Morgan fingerprint density at radius 3 is 2.59 bits per heavy atom. The lowest BCUT2D eigenvalue weighted by atomic mass is 10.0. The second-order valence-corrected chi connectivity index (χ2v) is 4.96. The van der Waals surface area contributed by atoms with Gasteiger partial charge in [0.25, 0.3) is 0 Å². The molecule has 1 aromatic carbocycles. The fourth-order valence-corrected chi connectivity index (χ4v) is 2.41. The Morgan fingerprint density at radius 2 is 1.94 bits per heavy atom. The van der Waals surface area contributed by atoms with Crippen molar-refractivity contribution in [3.05, 3.63) is 29.8 Å². The van der Waals surface area contributed by atoms with Crippen molar-refractivity contribution in [2.24, 2.45) is 0 Å². The molecule has 1 saturated heterocycles. The van der Waals surface area contributed by atoms with Gasteiger partial charge in [-0.2, -0.15) is 0 Å². The Labute approximate surface area is 103 Å². The van der Waals surface area contributed by atoms with Crippen molar-refractivity contribution in [2.45, 2.75) is 39.0 Å². The number of aromatic hydroxyl groups is 1. The minimum Gasteiger partial charge on any atom is -0.508 e. The number of phenolic OH excluding ortho intramolecular Hbond substituents is 1. The van der Waals surface area contributed by atoms with Crippen LogP contribution in [-0.2, 0) is 4.74 Å². The van der Waals surface area contributed by atoms with Gasteiger partial charge in [0.2, 0.25) is 0 Å². The molecule has 3 atom stereocenters. The zero-order valence-electron chi connectivity index (χ0n) is 10.8. The predicted octanol–water partition coefficient (Wildman–Crippen LogP) is 2.56. The maximum absolute atomic E-state index is 9.31. The Hall–Kier alpha value is -1.06. The van der Waals surface area contributed by atoms with E-state index in [1.807, 2.05) is 12.1 Å². The van der Waals surface area contributed by atoms with Gasteiger partial charge < -0.3 is 9.84 Å². The summed E-state index contributed by atoms with van der Waals surface area (Å²) in [4.78, 5) is 2.46. The van der Waals surface area contributed by atoms with Gasteiger partial charge in [0.05, 0.1) is 12.7 Å². The Balaban J connectivity index is 2.12. The van der Waals surface area contributed by atoms with Crippen LogP contribution in [0.5, 0.6) is 5.75 Å². The van der Waals surface area contributed by atoms with Gasteiger partial charge in [-0.1, -0.05) is 12.1 Å². The summed E-state index contributed by atoms with van der Waals surface area (Å²) >= 11 is 0. The lowest BCUT2D eigenvalue weighted by Crippen LogP contribution is -2.48. The van der Waals surface area contributed by atoms with E-state index in [1.165, 1.54) is 5.56 Å². The first kappa shape index (κ1) is 12.4. The normalized spacial score (nSPS) is 27.9. The van der Waals surface area contributed by atoms with E-state index in [4.69, 9.17) is 4.74 Å². The highest BCUT2D eigenvalue weighted by molar-refractivity contribution is 5.27. The number of hydrogen-bond acceptors (Lipinski definition) is 3. The lowest BCUT2D eigenvalue weighted by molar-refractivity contribution is -0.0640. The van der Waals surface area contributed by atoms with E-state index in [0.29, 0.717) is 23.9 Å². The SMILES string of the molecule is CC1CN(C(C)c2ccc(O)cc2)C(C)CO1. The maximum Gasteiger partial charge on any atom is 0.115 e. The molecule has 1 aliphatic heterocycles. The molecule has 3 heteroatoms. The van der Waals surface area contributed by atoms with Crippen LogP contribution in [0.4, 0.5) is 0 Å². The van der Waals surface area contributed by atoms with Crippen molar-refractivity contribution in [2.75, 3.05) is 13.2 Å². The van der Waals surface area contributed by atoms with Gasteiger partial charge in [-0.15, -0.1) is 0 Å². The number of phenols is 1. The number of morpholine rings is 1. The molecule has 0 saturated carbocycles. The molecular formula is C14H21NO2. The average Bonchev–Trinajstić information content (AvgIpc) is 2.32. The van der Waals surface area contributed by atoms with Crippen molar-refractivity contribution in [1.29, 1.82) is 0 Å². The minimum atomic E-state index is 0.297. The molecule has 2 rings (SSSR count). The van der Waals surface area contributed by atoms with E-state index in [9.17, 15) is 5.11 Å². The summed E-state index contributed by atoms with van der Waals surface area (Å²) in [6.07, 6.45) is 0.297. The van der Waals surface area contributed by atoms with Crippen molar-refractivity contribution in [3.63, 3.8) is 0 Å². The highest BCUT2D eigenvalue weighted by Gasteiger charge is 2.27.